The van der Waals surface area contributed by atoms with Crippen LogP contribution in [-0.4, -0.2) is 42.1 Å². The van der Waals surface area contributed by atoms with Crippen molar-refractivity contribution < 1.29 is 4.74 Å². The van der Waals surface area contributed by atoms with Gasteiger partial charge in [0, 0.05) is 31.9 Å². The first-order valence-corrected chi connectivity index (χ1v) is 8.46. The van der Waals surface area contributed by atoms with E-state index in [4.69, 9.17) is 9.73 Å². The molecule has 0 aromatic carbocycles. The quantitative estimate of drug-likeness (QED) is 0.428. The van der Waals surface area contributed by atoms with Crippen LogP contribution < -0.4 is 10.1 Å². The average molecular weight is 430 g/mol. The van der Waals surface area contributed by atoms with Gasteiger partial charge in [-0.05, 0) is 44.1 Å². The molecule has 5 nitrogen and oxygen atoms in total. The minimum atomic E-state index is 0. The van der Waals surface area contributed by atoms with Gasteiger partial charge in [0.05, 0.1) is 13.2 Å². The van der Waals surface area contributed by atoms with Crippen LogP contribution in [0.25, 0.3) is 0 Å². The lowest BCUT2D eigenvalue weighted by molar-refractivity contribution is 0.288. The summed E-state index contributed by atoms with van der Waals surface area (Å²) in [6.07, 6.45) is 7.00. The summed E-state index contributed by atoms with van der Waals surface area (Å²) in [6.45, 7) is 6.70. The van der Waals surface area contributed by atoms with Crippen molar-refractivity contribution in [1.29, 1.82) is 0 Å². The van der Waals surface area contributed by atoms with Gasteiger partial charge < -0.3 is 15.0 Å². The van der Waals surface area contributed by atoms with Crippen molar-refractivity contribution in [2.75, 3.05) is 26.2 Å². The van der Waals surface area contributed by atoms with Crippen molar-refractivity contribution in [3.8, 4) is 5.88 Å². The predicted molar refractivity (Wildman–Crippen MR) is 103 cm³/mol. The topological polar surface area (TPSA) is 49.8 Å². The van der Waals surface area contributed by atoms with Gasteiger partial charge in [-0.1, -0.05) is 6.07 Å². The second-order valence-corrected chi connectivity index (χ2v) is 6.12. The summed E-state index contributed by atoms with van der Waals surface area (Å²) in [4.78, 5) is 11.4. The van der Waals surface area contributed by atoms with Gasteiger partial charge in [-0.15, -0.1) is 24.0 Å². The van der Waals surface area contributed by atoms with Crippen molar-refractivity contribution in [3.63, 3.8) is 0 Å². The average Bonchev–Trinajstić information content (AvgIpc) is 3.22. The molecule has 1 aliphatic carbocycles. The van der Waals surface area contributed by atoms with Gasteiger partial charge in [0.1, 0.15) is 0 Å². The zero-order valence-corrected chi connectivity index (χ0v) is 16.2. The molecule has 0 spiro atoms. The molecule has 2 heterocycles. The van der Waals surface area contributed by atoms with E-state index >= 15 is 0 Å². The van der Waals surface area contributed by atoms with Crippen LogP contribution in [-0.2, 0) is 6.54 Å². The third kappa shape index (κ3) is 5.82. The van der Waals surface area contributed by atoms with Gasteiger partial charge in [-0.25, -0.2) is 9.98 Å². The second kappa shape index (κ2) is 9.30. The number of nitrogens with one attached hydrogen (secondary N) is 1. The molecule has 1 N–H and O–H groups in total. The highest BCUT2D eigenvalue weighted by molar-refractivity contribution is 14.0. The molecule has 0 atom stereocenters. The molecule has 6 heteroatoms. The standard InChI is InChI=1S/C17H26N4O.HI/c1-2-18-17(21-9-3-4-10-21)20-12-15-7-8-16(19-11-15)22-13-14-5-6-14;/h7-8,11,14H,2-6,9-10,12-13H2,1H3,(H,18,20);1H. The molecular weight excluding hydrogens is 403 g/mol. The molecule has 1 saturated heterocycles. The van der Waals surface area contributed by atoms with Crippen LogP contribution in [0, 0.1) is 5.92 Å². The van der Waals surface area contributed by atoms with E-state index in [-0.39, 0.29) is 24.0 Å². The number of rotatable bonds is 6. The van der Waals surface area contributed by atoms with E-state index in [0.717, 1.165) is 49.6 Å². The minimum absolute atomic E-state index is 0. The fourth-order valence-corrected chi connectivity index (χ4v) is 2.60. The lowest BCUT2D eigenvalue weighted by atomic mass is 10.3. The molecule has 1 aromatic heterocycles. The number of pyridine rings is 1. The summed E-state index contributed by atoms with van der Waals surface area (Å²) >= 11 is 0. The Morgan fingerprint density at radius 3 is 2.74 bits per heavy atom. The number of hydrogen-bond donors (Lipinski definition) is 1. The normalized spacial score (nSPS) is 17.8. The molecule has 1 saturated carbocycles. The van der Waals surface area contributed by atoms with E-state index in [0.29, 0.717) is 6.54 Å². The van der Waals surface area contributed by atoms with Crippen LogP contribution >= 0.6 is 24.0 Å². The SMILES string of the molecule is CCNC(=NCc1ccc(OCC2CC2)nc1)N1CCCC1.I. The number of guanidine groups is 1. The summed E-state index contributed by atoms with van der Waals surface area (Å²) in [6, 6.07) is 4.02. The number of ether oxygens (including phenoxy) is 1. The van der Waals surface area contributed by atoms with Crippen LogP contribution in [0.1, 0.15) is 38.2 Å². The maximum absolute atomic E-state index is 5.66. The molecule has 3 rings (SSSR count). The Kier molecular flexibility index (Phi) is 7.39. The van der Waals surface area contributed by atoms with Gasteiger partial charge in [0.15, 0.2) is 5.96 Å². The number of aliphatic imine (C=N–C) groups is 1. The fourth-order valence-electron chi connectivity index (χ4n) is 2.60. The van der Waals surface area contributed by atoms with Crippen LogP contribution in [0.15, 0.2) is 23.3 Å². The first-order valence-electron chi connectivity index (χ1n) is 8.46. The molecule has 0 radical (unpaired) electrons. The summed E-state index contributed by atoms with van der Waals surface area (Å²) in [5.41, 5.74) is 1.12. The zero-order valence-electron chi connectivity index (χ0n) is 13.8. The van der Waals surface area contributed by atoms with Gasteiger partial charge in [0.25, 0.3) is 0 Å². The summed E-state index contributed by atoms with van der Waals surface area (Å²) < 4.78 is 5.66. The minimum Gasteiger partial charge on any atom is -0.477 e. The van der Waals surface area contributed by atoms with Crippen molar-refractivity contribution in [3.05, 3.63) is 23.9 Å². The van der Waals surface area contributed by atoms with Crippen molar-refractivity contribution in [2.24, 2.45) is 10.9 Å². The maximum Gasteiger partial charge on any atom is 0.213 e. The van der Waals surface area contributed by atoms with Crippen LogP contribution in [0.2, 0.25) is 0 Å². The molecule has 2 fully saturated rings. The third-order valence-electron chi connectivity index (χ3n) is 4.11. The first-order chi connectivity index (χ1) is 10.8. The molecular formula is C17H27IN4O. The number of halogens is 1. The predicted octanol–water partition coefficient (Wildman–Crippen LogP) is 3.05. The van der Waals surface area contributed by atoms with Crippen molar-refractivity contribution in [2.45, 2.75) is 39.2 Å². The lowest BCUT2D eigenvalue weighted by Gasteiger charge is -2.20. The Labute approximate surface area is 155 Å². The number of aromatic nitrogens is 1. The highest BCUT2D eigenvalue weighted by atomic mass is 127. The van der Waals surface area contributed by atoms with Crippen LogP contribution in [0.3, 0.4) is 0 Å². The van der Waals surface area contributed by atoms with E-state index in [1.54, 1.807) is 0 Å². The van der Waals surface area contributed by atoms with Crippen molar-refractivity contribution in [1.82, 2.24) is 15.2 Å². The highest BCUT2D eigenvalue weighted by Crippen LogP contribution is 2.29. The molecule has 0 unspecified atom stereocenters. The van der Waals surface area contributed by atoms with Gasteiger partial charge in [0.2, 0.25) is 5.88 Å². The molecule has 128 valence electrons. The Balaban J connectivity index is 0.00000192. The molecule has 1 aromatic rings. The summed E-state index contributed by atoms with van der Waals surface area (Å²) in [7, 11) is 0. The smallest absolute Gasteiger partial charge is 0.213 e. The number of nitrogens with zero attached hydrogens (tertiary/aromatic N) is 3. The van der Waals surface area contributed by atoms with E-state index in [9.17, 15) is 0 Å². The van der Waals surface area contributed by atoms with Crippen molar-refractivity contribution >= 4 is 29.9 Å². The molecule has 0 bridgehead atoms. The maximum atomic E-state index is 5.66. The van der Waals surface area contributed by atoms with E-state index in [2.05, 4.69) is 28.2 Å². The number of likely N-dealkylation sites (tertiary alicyclic amines) is 1. The fraction of sp³-hybridized carbons (Fsp3) is 0.647. The monoisotopic (exact) mass is 430 g/mol. The summed E-state index contributed by atoms with van der Waals surface area (Å²) in [5, 5.41) is 3.38. The van der Waals surface area contributed by atoms with Crippen LogP contribution in [0.5, 0.6) is 5.88 Å². The Bertz CT molecular complexity index is 496. The largest absolute Gasteiger partial charge is 0.477 e. The van der Waals surface area contributed by atoms with E-state index in [1.165, 1.54) is 25.7 Å². The lowest BCUT2D eigenvalue weighted by Crippen LogP contribution is -2.39. The van der Waals surface area contributed by atoms with E-state index in [1.807, 2.05) is 12.3 Å². The van der Waals surface area contributed by atoms with Gasteiger partial charge in [-0.2, -0.15) is 0 Å². The second-order valence-electron chi connectivity index (χ2n) is 6.12. The van der Waals surface area contributed by atoms with Gasteiger partial charge >= 0.3 is 0 Å². The summed E-state index contributed by atoms with van der Waals surface area (Å²) in [5.74, 6) is 2.51. The number of hydrogen-bond acceptors (Lipinski definition) is 3. The third-order valence-corrected chi connectivity index (χ3v) is 4.11. The Morgan fingerprint density at radius 2 is 2.13 bits per heavy atom. The molecule has 1 aliphatic heterocycles. The van der Waals surface area contributed by atoms with Gasteiger partial charge in [-0.3, -0.25) is 0 Å². The zero-order chi connectivity index (χ0) is 15.2. The van der Waals surface area contributed by atoms with E-state index < -0.39 is 0 Å². The Morgan fingerprint density at radius 1 is 1.35 bits per heavy atom. The highest BCUT2D eigenvalue weighted by Gasteiger charge is 2.22. The van der Waals surface area contributed by atoms with Crippen LogP contribution in [0.4, 0.5) is 0 Å². The Hall–Kier alpha value is -1.05. The first kappa shape index (κ1) is 18.3. The molecule has 23 heavy (non-hydrogen) atoms. The molecule has 0 amide bonds. The molecule has 2 aliphatic rings.